The smallest absolute Gasteiger partial charge is 0.130 e. The number of methoxy groups -OCH3 is 2. The van der Waals surface area contributed by atoms with E-state index >= 15 is 0 Å². The zero-order valence-corrected chi connectivity index (χ0v) is 15.7. The summed E-state index contributed by atoms with van der Waals surface area (Å²) in [5.41, 5.74) is 5.03. The maximum absolute atomic E-state index is 5.84. The van der Waals surface area contributed by atoms with Gasteiger partial charge in [0.05, 0.1) is 14.2 Å². The van der Waals surface area contributed by atoms with Crippen LogP contribution in [-0.2, 0) is 0 Å². The van der Waals surface area contributed by atoms with Crippen LogP contribution in [0.2, 0.25) is 0 Å². The molecule has 24 heavy (non-hydrogen) atoms. The maximum Gasteiger partial charge on any atom is 0.130 e. The molecule has 0 saturated heterocycles. The normalized spacial score (nSPS) is 11.5. The van der Waals surface area contributed by atoms with E-state index in [1.165, 1.54) is 33.0 Å². The van der Waals surface area contributed by atoms with E-state index in [0.29, 0.717) is 5.92 Å². The average molecular weight is 322 g/mol. The Labute approximate surface area is 144 Å². The summed E-state index contributed by atoms with van der Waals surface area (Å²) >= 11 is 0. The molecule has 0 bridgehead atoms. The SMILES string of the molecule is COc1c(C(C)C)cc(OC)c2c(C)c3c(C)ccc(C)c3cc12. The van der Waals surface area contributed by atoms with E-state index in [9.17, 15) is 0 Å². The lowest BCUT2D eigenvalue weighted by atomic mass is 9.89. The van der Waals surface area contributed by atoms with Gasteiger partial charge in [-0.05, 0) is 66.3 Å². The van der Waals surface area contributed by atoms with Gasteiger partial charge in [-0.25, -0.2) is 0 Å². The van der Waals surface area contributed by atoms with Crippen molar-refractivity contribution < 1.29 is 9.47 Å². The molecule has 0 aliphatic rings. The summed E-state index contributed by atoms with van der Waals surface area (Å²) in [5, 5.41) is 4.90. The number of ether oxygens (including phenoxy) is 2. The van der Waals surface area contributed by atoms with E-state index in [-0.39, 0.29) is 0 Å². The Morgan fingerprint density at radius 3 is 2.04 bits per heavy atom. The van der Waals surface area contributed by atoms with Crippen LogP contribution >= 0.6 is 0 Å². The molecule has 0 N–H and O–H groups in total. The Bertz CT molecular complexity index is 936. The number of rotatable bonds is 3. The van der Waals surface area contributed by atoms with Crippen molar-refractivity contribution in [3.05, 3.63) is 46.5 Å². The summed E-state index contributed by atoms with van der Waals surface area (Å²) in [4.78, 5) is 0. The molecule has 0 fully saturated rings. The molecule has 0 saturated carbocycles. The van der Waals surface area contributed by atoms with Crippen molar-refractivity contribution in [2.75, 3.05) is 14.2 Å². The molecule has 3 aromatic rings. The van der Waals surface area contributed by atoms with Gasteiger partial charge in [-0.3, -0.25) is 0 Å². The van der Waals surface area contributed by atoms with E-state index in [4.69, 9.17) is 9.47 Å². The minimum absolute atomic E-state index is 0.368. The topological polar surface area (TPSA) is 18.5 Å². The Morgan fingerprint density at radius 2 is 1.46 bits per heavy atom. The third-order valence-electron chi connectivity index (χ3n) is 5.07. The van der Waals surface area contributed by atoms with E-state index in [1.807, 2.05) is 0 Å². The van der Waals surface area contributed by atoms with E-state index in [0.717, 1.165) is 22.3 Å². The minimum atomic E-state index is 0.368. The summed E-state index contributed by atoms with van der Waals surface area (Å²) in [7, 11) is 3.51. The van der Waals surface area contributed by atoms with Crippen LogP contribution in [0.15, 0.2) is 24.3 Å². The summed E-state index contributed by atoms with van der Waals surface area (Å²) in [6, 6.07) is 8.80. The average Bonchev–Trinajstić information content (AvgIpc) is 2.56. The van der Waals surface area contributed by atoms with Gasteiger partial charge in [-0.2, -0.15) is 0 Å². The zero-order valence-electron chi connectivity index (χ0n) is 15.7. The standard InChI is InChI=1S/C22H26O2/c1-12(2)16-11-19(23-6)21-15(5)20-14(4)9-8-13(3)17(20)10-18(21)22(16)24-7/h8-12H,1-7H3. The Morgan fingerprint density at radius 1 is 0.792 bits per heavy atom. The fraction of sp³-hybridized carbons (Fsp3) is 0.364. The van der Waals surface area contributed by atoms with Crippen molar-refractivity contribution in [2.24, 2.45) is 0 Å². The highest BCUT2D eigenvalue weighted by Crippen LogP contribution is 2.44. The van der Waals surface area contributed by atoms with Gasteiger partial charge in [0.15, 0.2) is 0 Å². The maximum atomic E-state index is 5.84. The Hall–Kier alpha value is -2.22. The Balaban J connectivity index is 2.62. The van der Waals surface area contributed by atoms with Crippen LogP contribution in [0.5, 0.6) is 11.5 Å². The summed E-state index contributed by atoms with van der Waals surface area (Å²) in [6.45, 7) is 10.9. The predicted octanol–water partition coefficient (Wildman–Crippen LogP) is 6.06. The molecule has 0 spiro atoms. The quantitative estimate of drug-likeness (QED) is 0.546. The third kappa shape index (κ3) is 2.32. The summed E-state index contributed by atoms with van der Waals surface area (Å²) < 4.78 is 11.6. The number of hydrogen-bond acceptors (Lipinski definition) is 2. The van der Waals surface area contributed by atoms with Crippen LogP contribution in [0.1, 0.15) is 42.0 Å². The third-order valence-corrected chi connectivity index (χ3v) is 5.07. The minimum Gasteiger partial charge on any atom is -0.496 e. The first-order valence-corrected chi connectivity index (χ1v) is 8.48. The van der Waals surface area contributed by atoms with E-state index in [2.05, 4.69) is 58.9 Å². The van der Waals surface area contributed by atoms with Crippen LogP contribution in [-0.4, -0.2) is 14.2 Å². The molecule has 2 heteroatoms. The van der Waals surface area contributed by atoms with E-state index < -0.39 is 0 Å². The van der Waals surface area contributed by atoms with Gasteiger partial charge in [-0.1, -0.05) is 26.0 Å². The zero-order chi connectivity index (χ0) is 17.6. The summed E-state index contributed by atoms with van der Waals surface area (Å²) in [6.07, 6.45) is 0. The van der Waals surface area contributed by atoms with E-state index in [1.54, 1.807) is 14.2 Å². The van der Waals surface area contributed by atoms with Crippen molar-refractivity contribution in [1.29, 1.82) is 0 Å². The molecule has 0 aliphatic carbocycles. The molecule has 0 heterocycles. The number of fused-ring (bicyclic) bond motifs is 2. The first-order chi connectivity index (χ1) is 11.4. The van der Waals surface area contributed by atoms with Gasteiger partial charge in [0.2, 0.25) is 0 Å². The second-order valence-electron chi connectivity index (χ2n) is 6.90. The molecule has 2 nitrogen and oxygen atoms in total. The molecule has 0 aromatic heterocycles. The first kappa shape index (κ1) is 16.6. The highest BCUT2D eigenvalue weighted by atomic mass is 16.5. The van der Waals surface area contributed by atoms with Crippen LogP contribution in [0, 0.1) is 20.8 Å². The van der Waals surface area contributed by atoms with Gasteiger partial charge >= 0.3 is 0 Å². The van der Waals surface area contributed by atoms with Gasteiger partial charge in [0.25, 0.3) is 0 Å². The highest BCUT2D eigenvalue weighted by molar-refractivity contribution is 6.09. The molecule has 0 radical (unpaired) electrons. The van der Waals surface area contributed by atoms with Gasteiger partial charge in [0.1, 0.15) is 11.5 Å². The van der Waals surface area contributed by atoms with Crippen molar-refractivity contribution in [1.82, 2.24) is 0 Å². The molecule has 126 valence electrons. The molecule has 0 unspecified atom stereocenters. The van der Waals surface area contributed by atoms with Crippen molar-refractivity contribution in [3.63, 3.8) is 0 Å². The molecule has 0 aliphatic heterocycles. The number of aryl methyl sites for hydroxylation is 3. The monoisotopic (exact) mass is 322 g/mol. The van der Waals surface area contributed by atoms with Crippen molar-refractivity contribution >= 4 is 21.5 Å². The van der Waals surface area contributed by atoms with Gasteiger partial charge in [-0.15, -0.1) is 0 Å². The molecule has 3 aromatic carbocycles. The largest absolute Gasteiger partial charge is 0.496 e. The molecule has 0 atom stereocenters. The molecule has 0 amide bonds. The summed E-state index contributed by atoms with van der Waals surface area (Å²) in [5.74, 6) is 2.26. The lowest BCUT2D eigenvalue weighted by molar-refractivity contribution is 0.404. The second kappa shape index (κ2) is 6.01. The first-order valence-electron chi connectivity index (χ1n) is 8.48. The molecule has 3 rings (SSSR count). The van der Waals surface area contributed by atoms with Gasteiger partial charge < -0.3 is 9.47 Å². The van der Waals surface area contributed by atoms with Crippen LogP contribution in [0.4, 0.5) is 0 Å². The Kier molecular flexibility index (Phi) is 4.16. The molecular formula is C22H26O2. The molecular weight excluding hydrogens is 296 g/mol. The lowest BCUT2D eigenvalue weighted by Gasteiger charge is -2.20. The predicted molar refractivity (Wildman–Crippen MR) is 103 cm³/mol. The fourth-order valence-corrected chi connectivity index (χ4v) is 3.81. The number of benzene rings is 3. The highest BCUT2D eigenvalue weighted by Gasteiger charge is 2.19. The van der Waals surface area contributed by atoms with Crippen LogP contribution in [0.3, 0.4) is 0 Å². The van der Waals surface area contributed by atoms with Crippen LogP contribution in [0.25, 0.3) is 21.5 Å². The van der Waals surface area contributed by atoms with Crippen molar-refractivity contribution in [2.45, 2.75) is 40.5 Å². The lowest BCUT2D eigenvalue weighted by Crippen LogP contribution is -2.00. The van der Waals surface area contributed by atoms with Crippen molar-refractivity contribution in [3.8, 4) is 11.5 Å². The van der Waals surface area contributed by atoms with Gasteiger partial charge in [0, 0.05) is 16.3 Å². The number of hydrogen-bond donors (Lipinski definition) is 0. The fourth-order valence-electron chi connectivity index (χ4n) is 3.81. The second-order valence-corrected chi connectivity index (χ2v) is 6.90. The van der Waals surface area contributed by atoms with Crippen LogP contribution < -0.4 is 9.47 Å².